The molecule has 0 spiro atoms. The van der Waals surface area contributed by atoms with E-state index in [4.69, 9.17) is 16.3 Å². The summed E-state index contributed by atoms with van der Waals surface area (Å²) in [6.07, 6.45) is 4.55. The van der Waals surface area contributed by atoms with Crippen molar-refractivity contribution >= 4 is 44.2 Å². The van der Waals surface area contributed by atoms with E-state index in [1.165, 1.54) is 35.3 Å². The first kappa shape index (κ1) is 17.1. The summed E-state index contributed by atoms with van der Waals surface area (Å²) in [5.41, 5.74) is 9.56. The van der Waals surface area contributed by atoms with Crippen LogP contribution in [0.2, 0.25) is 5.02 Å². The van der Waals surface area contributed by atoms with Crippen LogP contribution in [-0.4, -0.2) is 18.0 Å². The minimum atomic E-state index is -0.185. The van der Waals surface area contributed by atoms with E-state index in [-0.39, 0.29) is 5.91 Å². The van der Waals surface area contributed by atoms with Crippen LogP contribution in [0.15, 0.2) is 30.3 Å². The third-order valence-electron chi connectivity index (χ3n) is 4.57. The molecule has 1 amide bonds. The Morgan fingerprint density at radius 1 is 1.19 bits per heavy atom. The Morgan fingerprint density at radius 3 is 2.81 bits per heavy atom. The van der Waals surface area contributed by atoms with Crippen molar-refractivity contribution in [3.63, 3.8) is 0 Å². The molecular formula is C19H18ClN3O2S. The van der Waals surface area contributed by atoms with Gasteiger partial charge in [-0.2, -0.15) is 0 Å². The minimum absolute atomic E-state index is 0.185. The second kappa shape index (κ2) is 7.13. The summed E-state index contributed by atoms with van der Waals surface area (Å²) in [4.78, 5) is 16.9. The summed E-state index contributed by atoms with van der Waals surface area (Å²) in [5, 5.41) is 1.16. The van der Waals surface area contributed by atoms with Gasteiger partial charge in [0.05, 0.1) is 16.8 Å². The number of fused-ring (bicyclic) bond motifs is 2. The van der Waals surface area contributed by atoms with Crippen LogP contribution >= 0.6 is 22.9 Å². The normalized spacial score (nSPS) is 13.3. The van der Waals surface area contributed by atoms with Crippen LogP contribution in [0.25, 0.3) is 10.2 Å². The smallest absolute Gasteiger partial charge is 0.269 e. The van der Waals surface area contributed by atoms with Gasteiger partial charge in [0.25, 0.3) is 5.91 Å². The SMILES string of the molecule is COc1ccc(Cl)c2sc(NNC(=O)c3ccc4c(c3)CCCC4)nc12. The Hall–Kier alpha value is -2.31. The van der Waals surface area contributed by atoms with Crippen molar-refractivity contribution in [3.8, 4) is 5.75 Å². The maximum atomic E-state index is 12.5. The molecule has 1 heterocycles. The predicted molar refractivity (Wildman–Crippen MR) is 105 cm³/mol. The summed E-state index contributed by atoms with van der Waals surface area (Å²) in [5.74, 6) is 0.463. The highest BCUT2D eigenvalue weighted by molar-refractivity contribution is 7.22. The van der Waals surface area contributed by atoms with Gasteiger partial charge in [0.1, 0.15) is 11.3 Å². The van der Waals surface area contributed by atoms with Gasteiger partial charge in [-0.15, -0.1) is 0 Å². The number of ether oxygens (including phenoxy) is 1. The van der Waals surface area contributed by atoms with Crippen LogP contribution in [0.4, 0.5) is 5.13 Å². The summed E-state index contributed by atoms with van der Waals surface area (Å²) in [6, 6.07) is 9.48. The fourth-order valence-electron chi connectivity index (χ4n) is 3.23. The number of methoxy groups -OCH3 is 1. The molecular weight excluding hydrogens is 370 g/mol. The monoisotopic (exact) mass is 387 g/mol. The van der Waals surface area contributed by atoms with Gasteiger partial charge in [0.15, 0.2) is 0 Å². The molecule has 0 saturated heterocycles. The van der Waals surface area contributed by atoms with Crippen molar-refractivity contribution < 1.29 is 9.53 Å². The van der Waals surface area contributed by atoms with Crippen LogP contribution in [-0.2, 0) is 12.8 Å². The van der Waals surface area contributed by atoms with E-state index >= 15 is 0 Å². The fraction of sp³-hybridized carbons (Fsp3) is 0.263. The first-order valence-corrected chi connectivity index (χ1v) is 9.66. The van der Waals surface area contributed by atoms with E-state index in [1.807, 2.05) is 12.1 Å². The molecule has 0 atom stereocenters. The molecule has 2 N–H and O–H groups in total. The zero-order valence-electron chi connectivity index (χ0n) is 14.3. The first-order valence-electron chi connectivity index (χ1n) is 8.47. The number of hydrogen-bond acceptors (Lipinski definition) is 5. The van der Waals surface area contributed by atoms with Gasteiger partial charge in [0.2, 0.25) is 5.13 Å². The van der Waals surface area contributed by atoms with Gasteiger partial charge >= 0.3 is 0 Å². The topological polar surface area (TPSA) is 63.2 Å². The molecule has 0 bridgehead atoms. The van der Waals surface area contributed by atoms with Gasteiger partial charge < -0.3 is 4.74 Å². The number of hydrogen-bond donors (Lipinski definition) is 2. The number of amides is 1. The molecule has 2 aromatic carbocycles. The van der Waals surface area contributed by atoms with E-state index in [0.29, 0.717) is 27.0 Å². The van der Waals surface area contributed by atoms with E-state index < -0.39 is 0 Å². The van der Waals surface area contributed by atoms with Gasteiger partial charge in [0, 0.05) is 5.56 Å². The third kappa shape index (κ3) is 3.22. The van der Waals surface area contributed by atoms with Crippen molar-refractivity contribution in [1.29, 1.82) is 0 Å². The number of hydrazine groups is 1. The minimum Gasteiger partial charge on any atom is -0.494 e. The average Bonchev–Trinajstić information content (AvgIpc) is 3.11. The van der Waals surface area contributed by atoms with Crippen LogP contribution in [0.5, 0.6) is 5.75 Å². The van der Waals surface area contributed by atoms with E-state index in [1.54, 1.807) is 19.2 Å². The average molecular weight is 388 g/mol. The molecule has 0 radical (unpaired) electrons. The Bertz CT molecular complexity index is 986. The molecule has 1 aliphatic rings. The van der Waals surface area contributed by atoms with Crippen molar-refractivity contribution in [3.05, 3.63) is 52.0 Å². The second-order valence-electron chi connectivity index (χ2n) is 6.22. The zero-order valence-corrected chi connectivity index (χ0v) is 15.8. The van der Waals surface area contributed by atoms with Crippen molar-refractivity contribution in [2.75, 3.05) is 12.5 Å². The highest BCUT2D eigenvalue weighted by atomic mass is 35.5. The lowest BCUT2D eigenvalue weighted by molar-refractivity contribution is 0.0962. The summed E-state index contributed by atoms with van der Waals surface area (Å²) < 4.78 is 6.13. The number of anilines is 1. The molecule has 26 heavy (non-hydrogen) atoms. The molecule has 134 valence electrons. The summed E-state index contributed by atoms with van der Waals surface area (Å²) >= 11 is 7.59. The number of rotatable bonds is 4. The predicted octanol–water partition coefficient (Wildman–Crippen LogP) is 4.59. The number of benzene rings is 2. The number of nitrogens with zero attached hydrogens (tertiary/aromatic N) is 1. The standard InChI is InChI=1S/C19H18ClN3O2S/c1-25-15-9-8-14(20)17-16(15)21-19(26-17)23-22-18(24)13-7-6-11-4-2-3-5-12(11)10-13/h6-10H,2-5H2,1H3,(H,21,23)(H,22,24). The molecule has 1 aromatic heterocycles. The van der Waals surface area contributed by atoms with E-state index in [0.717, 1.165) is 17.5 Å². The summed E-state index contributed by atoms with van der Waals surface area (Å²) in [7, 11) is 1.59. The Morgan fingerprint density at radius 2 is 2.00 bits per heavy atom. The molecule has 0 fully saturated rings. The van der Waals surface area contributed by atoms with Crippen molar-refractivity contribution in [2.45, 2.75) is 25.7 Å². The number of nitrogens with one attached hydrogen (secondary N) is 2. The van der Waals surface area contributed by atoms with E-state index in [2.05, 4.69) is 21.9 Å². The van der Waals surface area contributed by atoms with Crippen molar-refractivity contribution in [2.24, 2.45) is 0 Å². The lowest BCUT2D eigenvalue weighted by Gasteiger charge is -2.16. The number of carbonyl (C=O) groups excluding carboxylic acids is 1. The van der Waals surface area contributed by atoms with Crippen LogP contribution in [0.3, 0.4) is 0 Å². The van der Waals surface area contributed by atoms with Gasteiger partial charge in [-0.1, -0.05) is 29.0 Å². The van der Waals surface area contributed by atoms with E-state index in [9.17, 15) is 4.79 Å². The number of thiazole rings is 1. The third-order valence-corrected chi connectivity index (χ3v) is 6.00. The number of aryl methyl sites for hydroxylation is 2. The molecule has 0 saturated carbocycles. The molecule has 5 nitrogen and oxygen atoms in total. The maximum absolute atomic E-state index is 12.5. The Labute approximate surface area is 160 Å². The first-order chi connectivity index (χ1) is 12.7. The molecule has 3 aromatic rings. The molecule has 7 heteroatoms. The lowest BCUT2D eigenvalue weighted by Crippen LogP contribution is -2.29. The number of halogens is 1. The zero-order chi connectivity index (χ0) is 18.1. The van der Waals surface area contributed by atoms with Gasteiger partial charge in [-0.3, -0.25) is 15.6 Å². The van der Waals surface area contributed by atoms with Crippen LogP contribution < -0.4 is 15.6 Å². The fourth-order valence-corrected chi connectivity index (χ4v) is 4.34. The molecule has 1 aliphatic carbocycles. The van der Waals surface area contributed by atoms with Crippen LogP contribution in [0.1, 0.15) is 34.3 Å². The van der Waals surface area contributed by atoms with Gasteiger partial charge in [-0.25, -0.2) is 4.98 Å². The van der Waals surface area contributed by atoms with Crippen molar-refractivity contribution in [1.82, 2.24) is 10.4 Å². The number of carbonyl (C=O) groups is 1. The Balaban J connectivity index is 1.51. The molecule has 0 unspecified atom stereocenters. The highest BCUT2D eigenvalue weighted by Crippen LogP contribution is 2.37. The molecule has 4 rings (SSSR count). The maximum Gasteiger partial charge on any atom is 0.269 e. The number of aromatic nitrogens is 1. The highest BCUT2D eigenvalue weighted by Gasteiger charge is 2.15. The largest absolute Gasteiger partial charge is 0.494 e. The Kier molecular flexibility index (Phi) is 4.70. The lowest BCUT2D eigenvalue weighted by atomic mass is 9.90. The van der Waals surface area contributed by atoms with Crippen LogP contribution in [0, 0.1) is 0 Å². The molecule has 0 aliphatic heterocycles. The quantitative estimate of drug-likeness (QED) is 0.642. The summed E-state index contributed by atoms with van der Waals surface area (Å²) in [6.45, 7) is 0. The van der Waals surface area contributed by atoms with Gasteiger partial charge in [-0.05, 0) is 61.1 Å². The second-order valence-corrected chi connectivity index (χ2v) is 7.62.